The van der Waals surface area contributed by atoms with Crippen molar-refractivity contribution in [2.45, 2.75) is 39.7 Å². The van der Waals surface area contributed by atoms with Gasteiger partial charge in [0.1, 0.15) is 0 Å². The lowest BCUT2D eigenvalue weighted by Gasteiger charge is -2.17. The molecule has 2 N–H and O–H groups in total. The van der Waals surface area contributed by atoms with Crippen molar-refractivity contribution in [3.8, 4) is 11.5 Å². The third-order valence-electron chi connectivity index (χ3n) is 2.84. The van der Waals surface area contributed by atoms with Gasteiger partial charge in [0.05, 0.1) is 13.2 Å². The van der Waals surface area contributed by atoms with Crippen molar-refractivity contribution in [1.82, 2.24) is 0 Å². The molecule has 1 aromatic rings. The number of benzene rings is 1. The minimum Gasteiger partial charge on any atom is -0.490 e. The zero-order valence-corrected chi connectivity index (χ0v) is 12.1. The number of hydrogen-bond acceptors (Lipinski definition) is 3. The Kier molecular flexibility index (Phi) is 7.04. The summed E-state index contributed by atoms with van der Waals surface area (Å²) in [5.74, 6) is 1.63. The van der Waals surface area contributed by atoms with E-state index in [1.54, 1.807) is 0 Å². The van der Waals surface area contributed by atoms with E-state index in [-0.39, 0.29) is 0 Å². The molecule has 0 aromatic heterocycles. The van der Waals surface area contributed by atoms with Gasteiger partial charge in [-0.15, -0.1) is 6.58 Å². The van der Waals surface area contributed by atoms with E-state index in [4.69, 9.17) is 15.2 Å². The van der Waals surface area contributed by atoms with Crippen LogP contribution >= 0.6 is 0 Å². The van der Waals surface area contributed by atoms with E-state index in [2.05, 4.69) is 19.6 Å². The van der Waals surface area contributed by atoms with E-state index >= 15 is 0 Å². The average Bonchev–Trinajstić information content (AvgIpc) is 2.42. The zero-order valence-electron chi connectivity index (χ0n) is 12.1. The predicted molar refractivity (Wildman–Crippen MR) is 79.8 cm³/mol. The predicted octanol–water partition coefficient (Wildman–Crippen LogP) is 3.45. The Balaban J connectivity index is 3.07. The smallest absolute Gasteiger partial charge is 0.164 e. The largest absolute Gasteiger partial charge is 0.490 e. The molecule has 0 atom stereocenters. The first kappa shape index (κ1) is 15.6. The summed E-state index contributed by atoms with van der Waals surface area (Å²) in [6.45, 7) is 9.74. The molecular weight excluding hydrogens is 238 g/mol. The molecule has 3 nitrogen and oxygen atoms in total. The first-order chi connectivity index (χ1) is 9.26. The first-order valence-corrected chi connectivity index (χ1v) is 6.99. The van der Waals surface area contributed by atoms with Crippen LogP contribution in [-0.4, -0.2) is 13.2 Å². The summed E-state index contributed by atoms with van der Waals surface area (Å²) >= 11 is 0. The zero-order chi connectivity index (χ0) is 14.1. The van der Waals surface area contributed by atoms with Crippen LogP contribution in [0.4, 0.5) is 0 Å². The third-order valence-corrected chi connectivity index (χ3v) is 2.84. The minimum atomic E-state index is 0.499. The molecule has 0 unspecified atom stereocenters. The molecule has 0 saturated heterocycles. The normalized spacial score (nSPS) is 10.3. The highest BCUT2D eigenvalue weighted by Gasteiger charge is 2.12. The molecule has 0 heterocycles. The van der Waals surface area contributed by atoms with Crippen LogP contribution in [0.1, 0.15) is 37.8 Å². The van der Waals surface area contributed by atoms with Gasteiger partial charge in [-0.3, -0.25) is 0 Å². The Labute approximate surface area is 116 Å². The van der Waals surface area contributed by atoms with Crippen molar-refractivity contribution >= 4 is 0 Å². The van der Waals surface area contributed by atoms with E-state index in [1.807, 2.05) is 19.1 Å². The second-order valence-corrected chi connectivity index (χ2v) is 4.41. The molecular formula is C16H25NO2. The standard InChI is InChI=1S/C16H25NO2/c1-4-7-9-19-16-14(8-5-2)10-13(12-17)11-15(16)18-6-3/h5,10-11H,2,4,6-9,12,17H2,1,3H3. The van der Waals surface area contributed by atoms with Gasteiger partial charge in [0.25, 0.3) is 0 Å². The van der Waals surface area contributed by atoms with E-state index in [1.165, 1.54) is 0 Å². The van der Waals surface area contributed by atoms with Crippen LogP contribution in [0, 0.1) is 0 Å². The molecule has 0 aliphatic heterocycles. The van der Waals surface area contributed by atoms with E-state index in [0.29, 0.717) is 19.8 Å². The summed E-state index contributed by atoms with van der Waals surface area (Å²) in [4.78, 5) is 0. The fourth-order valence-electron chi connectivity index (χ4n) is 1.89. The van der Waals surface area contributed by atoms with E-state index < -0.39 is 0 Å². The van der Waals surface area contributed by atoms with Crippen molar-refractivity contribution in [3.05, 3.63) is 35.9 Å². The van der Waals surface area contributed by atoms with E-state index in [0.717, 1.165) is 41.9 Å². The molecule has 1 rings (SSSR count). The first-order valence-electron chi connectivity index (χ1n) is 6.99. The highest BCUT2D eigenvalue weighted by Crippen LogP contribution is 2.34. The monoisotopic (exact) mass is 263 g/mol. The maximum Gasteiger partial charge on any atom is 0.164 e. The molecule has 0 aliphatic rings. The van der Waals surface area contributed by atoms with Gasteiger partial charge in [-0.1, -0.05) is 25.5 Å². The molecule has 106 valence electrons. The van der Waals surface area contributed by atoms with Crippen LogP contribution in [0.3, 0.4) is 0 Å². The molecule has 0 amide bonds. The molecule has 0 spiro atoms. The second kappa shape index (κ2) is 8.59. The second-order valence-electron chi connectivity index (χ2n) is 4.41. The summed E-state index contributed by atoms with van der Waals surface area (Å²) in [6, 6.07) is 4.04. The maximum absolute atomic E-state index is 5.90. The summed E-state index contributed by atoms with van der Waals surface area (Å²) in [5.41, 5.74) is 7.88. The van der Waals surface area contributed by atoms with Gasteiger partial charge in [0, 0.05) is 12.1 Å². The number of ether oxygens (including phenoxy) is 2. The summed E-state index contributed by atoms with van der Waals surface area (Å²) in [7, 11) is 0. The van der Waals surface area contributed by atoms with Crippen molar-refractivity contribution in [1.29, 1.82) is 0 Å². The van der Waals surface area contributed by atoms with Gasteiger partial charge in [-0.25, -0.2) is 0 Å². The molecule has 0 bridgehead atoms. The highest BCUT2D eigenvalue weighted by atomic mass is 16.5. The van der Waals surface area contributed by atoms with Gasteiger partial charge < -0.3 is 15.2 Å². The van der Waals surface area contributed by atoms with Crippen LogP contribution in [-0.2, 0) is 13.0 Å². The number of rotatable bonds is 9. The molecule has 0 fully saturated rings. The Morgan fingerprint density at radius 3 is 2.63 bits per heavy atom. The highest BCUT2D eigenvalue weighted by molar-refractivity contribution is 5.50. The van der Waals surface area contributed by atoms with Crippen LogP contribution in [0.2, 0.25) is 0 Å². The van der Waals surface area contributed by atoms with Crippen molar-refractivity contribution < 1.29 is 9.47 Å². The van der Waals surface area contributed by atoms with Crippen LogP contribution < -0.4 is 15.2 Å². The lowest BCUT2D eigenvalue weighted by Crippen LogP contribution is -2.06. The lowest BCUT2D eigenvalue weighted by atomic mass is 10.1. The van der Waals surface area contributed by atoms with Crippen molar-refractivity contribution in [3.63, 3.8) is 0 Å². The SMILES string of the molecule is C=CCc1cc(CN)cc(OCC)c1OCCCC. The number of allylic oxidation sites excluding steroid dienone is 1. The molecule has 1 aromatic carbocycles. The lowest BCUT2D eigenvalue weighted by molar-refractivity contribution is 0.270. The summed E-state index contributed by atoms with van der Waals surface area (Å²) in [5, 5.41) is 0. The number of nitrogens with two attached hydrogens (primary N) is 1. The van der Waals surface area contributed by atoms with Crippen LogP contribution in [0.5, 0.6) is 11.5 Å². The fraction of sp³-hybridized carbons (Fsp3) is 0.500. The topological polar surface area (TPSA) is 44.5 Å². The fourth-order valence-corrected chi connectivity index (χ4v) is 1.89. The third kappa shape index (κ3) is 4.60. The van der Waals surface area contributed by atoms with Gasteiger partial charge in [-0.2, -0.15) is 0 Å². The summed E-state index contributed by atoms with van der Waals surface area (Å²) in [6.07, 6.45) is 4.78. The molecule has 3 heteroatoms. The van der Waals surface area contributed by atoms with Crippen LogP contribution in [0.25, 0.3) is 0 Å². The molecule has 0 radical (unpaired) electrons. The maximum atomic E-state index is 5.90. The molecule has 19 heavy (non-hydrogen) atoms. The molecule has 0 saturated carbocycles. The van der Waals surface area contributed by atoms with Gasteiger partial charge in [-0.05, 0) is 31.4 Å². The van der Waals surface area contributed by atoms with Gasteiger partial charge in [0.15, 0.2) is 11.5 Å². The van der Waals surface area contributed by atoms with Gasteiger partial charge >= 0.3 is 0 Å². The Morgan fingerprint density at radius 1 is 1.26 bits per heavy atom. The van der Waals surface area contributed by atoms with E-state index in [9.17, 15) is 0 Å². The van der Waals surface area contributed by atoms with Crippen LogP contribution in [0.15, 0.2) is 24.8 Å². The number of unbranched alkanes of at least 4 members (excludes halogenated alkanes) is 1. The number of hydrogen-bond donors (Lipinski definition) is 1. The Morgan fingerprint density at radius 2 is 2.05 bits per heavy atom. The summed E-state index contributed by atoms with van der Waals surface area (Å²) < 4.78 is 11.6. The Hall–Kier alpha value is -1.48. The molecule has 0 aliphatic carbocycles. The Bertz CT molecular complexity index is 402. The van der Waals surface area contributed by atoms with Gasteiger partial charge in [0.2, 0.25) is 0 Å². The minimum absolute atomic E-state index is 0.499. The average molecular weight is 263 g/mol. The quantitative estimate of drug-likeness (QED) is 0.548. The van der Waals surface area contributed by atoms with Crippen molar-refractivity contribution in [2.75, 3.05) is 13.2 Å². The van der Waals surface area contributed by atoms with Crippen molar-refractivity contribution in [2.24, 2.45) is 5.73 Å².